The van der Waals surface area contributed by atoms with Crippen LogP contribution in [0.15, 0.2) is 71.6 Å². The molecule has 0 aromatic heterocycles. The Morgan fingerprint density at radius 3 is 2.41 bits per heavy atom. The van der Waals surface area contributed by atoms with Gasteiger partial charge in [-0.05, 0) is 78.7 Å². The highest BCUT2D eigenvalue weighted by Crippen LogP contribution is 2.32. The zero-order valence-electron chi connectivity index (χ0n) is 20.0. The minimum absolute atomic E-state index is 0.126. The third-order valence-corrected chi connectivity index (χ3v) is 6.40. The van der Waals surface area contributed by atoms with E-state index in [1.54, 1.807) is 30.3 Å². The second kappa shape index (κ2) is 11.1. The summed E-state index contributed by atoms with van der Waals surface area (Å²) < 4.78 is 11.1. The van der Waals surface area contributed by atoms with E-state index in [4.69, 9.17) is 9.47 Å². The highest BCUT2D eigenvalue weighted by atomic mass is 32.2. The molecule has 0 bridgehead atoms. The highest BCUT2D eigenvalue weighted by Gasteiger charge is 2.34. The molecule has 3 aromatic rings. The fourth-order valence-electron chi connectivity index (χ4n) is 3.47. The maximum atomic E-state index is 12.8. The Kier molecular flexibility index (Phi) is 7.69. The van der Waals surface area contributed by atoms with Crippen LogP contribution in [0.2, 0.25) is 0 Å². The summed E-state index contributed by atoms with van der Waals surface area (Å²) in [6, 6.07) is 17.3. The quantitative estimate of drug-likeness (QED) is 0.125. The Morgan fingerprint density at radius 2 is 1.73 bits per heavy atom. The highest BCUT2D eigenvalue weighted by molar-refractivity contribution is 8.18. The van der Waals surface area contributed by atoms with Gasteiger partial charge in [0.2, 0.25) is 0 Å². The summed E-state index contributed by atoms with van der Waals surface area (Å²) >= 11 is 0.853. The van der Waals surface area contributed by atoms with E-state index in [-0.39, 0.29) is 40.3 Å². The molecule has 0 N–H and O–H groups in total. The minimum Gasteiger partial charge on any atom is -0.491 e. The average Bonchev–Trinajstić information content (AvgIpc) is 3.14. The molecule has 4 rings (SSSR count). The lowest BCUT2D eigenvalue weighted by molar-refractivity contribution is -0.384. The number of thioether (sulfide) groups is 1. The van der Waals surface area contributed by atoms with Crippen LogP contribution in [-0.4, -0.2) is 40.1 Å². The van der Waals surface area contributed by atoms with Gasteiger partial charge in [-0.1, -0.05) is 24.3 Å². The molecule has 0 atom stereocenters. The molecule has 1 heterocycles. The number of ether oxygens (including phenoxy) is 2. The summed E-state index contributed by atoms with van der Waals surface area (Å²) in [6.07, 6.45) is 1.60. The number of nitro benzene ring substituents is 1. The molecule has 1 saturated heterocycles. The molecule has 1 fully saturated rings. The molecule has 0 radical (unpaired) electrons. The first-order valence-electron chi connectivity index (χ1n) is 11.2. The SMILES string of the molecule is Cc1ccc(C)c(OCCN2C(=O)S/C(=C\c3ccc(OC(=O)c4ccc([N+](=O)[O-])cc4)cc3)C2=O)c1. The molecule has 9 nitrogen and oxygen atoms in total. The third-order valence-electron chi connectivity index (χ3n) is 5.49. The molecule has 37 heavy (non-hydrogen) atoms. The van der Waals surface area contributed by atoms with E-state index in [2.05, 4.69) is 0 Å². The summed E-state index contributed by atoms with van der Waals surface area (Å²) in [5.74, 6) is -0.0748. The Bertz CT molecular complexity index is 1400. The van der Waals surface area contributed by atoms with Crippen molar-refractivity contribution in [3.05, 3.63) is 104 Å². The van der Waals surface area contributed by atoms with Gasteiger partial charge in [-0.3, -0.25) is 24.6 Å². The van der Waals surface area contributed by atoms with E-state index in [0.29, 0.717) is 5.56 Å². The molecule has 10 heteroatoms. The summed E-state index contributed by atoms with van der Waals surface area (Å²) in [4.78, 5) is 49.1. The molecule has 0 spiro atoms. The molecule has 188 valence electrons. The predicted octanol–water partition coefficient (Wildman–Crippen LogP) is 5.55. The Labute approximate surface area is 216 Å². The summed E-state index contributed by atoms with van der Waals surface area (Å²) in [5.41, 5.74) is 2.72. The average molecular weight is 519 g/mol. The van der Waals surface area contributed by atoms with Gasteiger partial charge in [0, 0.05) is 12.1 Å². The number of imide groups is 1. The standard InChI is InChI=1S/C27H22N2O7S/c1-17-3-4-18(2)23(15-17)35-14-13-28-25(30)24(37-27(28)32)16-19-5-11-22(12-6-19)36-26(31)20-7-9-21(10-8-20)29(33)34/h3-12,15-16H,13-14H2,1-2H3/b24-16-. The lowest BCUT2D eigenvalue weighted by Crippen LogP contribution is -2.32. The topological polar surface area (TPSA) is 116 Å². The largest absolute Gasteiger partial charge is 0.491 e. The number of amides is 2. The molecule has 1 aliphatic rings. The number of benzene rings is 3. The molecule has 3 aromatic carbocycles. The van der Waals surface area contributed by atoms with Gasteiger partial charge in [0.1, 0.15) is 18.1 Å². The van der Waals surface area contributed by atoms with Gasteiger partial charge in [0.25, 0.3) is 16.8 Å². The molecule has 0 unspecified atom stereocenters. The number of hydrogen-bond donors (Lipinski definition) is 0. The smallest absolute Gasteiger partial charge is 0.343 e. The molecule has 0 saturated carbocycles. The predicted molar refractivity (Wildman–Crippen MR) is 139 cm³/mol. The Balaban J connectivity index is 1.35. The molecule has 1 aliphatic heterocycles. The Hall–Kier alpha value is -4.44. The van der Waals surface area contributed by atoms with Crippen LogP contribution in [0.1, 0.15) is 27.0 Å². The van der Waals surface area contributed by atoms with Crippen LogP contribution in [0, 0.1) is 24.0 Å². The van der Waals surface area contributed by atoms with Crippen molar-refractivity contribution >= 4 is 40.6 Å². The second-order valence-corrected chi connectivity index (χ2v) is 9.21. The first kappa shape index (κ1) is 25.6. The fraction of sp³-hybridized carbons (Fsp3) is 0.148. The fourth-order valence-corrected chi connectivity index (χ4v) is 4.34. The zero-order valence-corrected chi connectivity index (χ0v) is 20.8. The van der Waals surface area contributed by atoms with Crippen LogP contribution >= 0.6 is 11.8 Å². The second-order valence-electron chi connectivity index (χ2n) is 8.21. The molecule has 0 aliphatic carbocycles. The summed E-state index contributed by atoms with van der Waals surface area (Å²) in [5, 5.41) is 10.4. The van der Waals surface area contributed by atoms with Crippen molar-refractivity contribution in [1.82, 2.24) is 4.90 Å². The molecular formula is C27H22N2O7S. The van der Waals surface area contributed by atoms with Gasteiger partial charge in [-0.2, -0.15) is 0 Å². The van der Waals surface area contributed by atoms with E-state index in [1.165, 1.54) is 24.3 Å². The number of carbonyl (C=O) groups excluding carboxylic acids is 3. The number of aryl methyl sites for hydroxylation is 2. The first-order valence-corrected chi connectivity index (χ1v) is 12.0. The number of nitrogens with zero attached hydrogens (tertiary/aromatic N) is 2. The van der Waals surface area contributed by atoms with Crippen molar-refractivity contribution in [3.63, 3.8) is 0 Å². The monoisotopic (exact) mass is 518 g/mol. The number of hydrogen-bond acceptors (Lipinski definition) is 8. The van der Waals surface area contributed by atoms with Crippen molar-refractivity contribution in [1.29, 1.82) is 0 Å². The molecule has 2 amide bonds. The van der Waals surface area contributed by atoms with Crippen molar-refractivity contribution < 1.29 is 28.8 Å². The minimum atomic E-state index is -0.660. The summed E-state index contributed by atoms with van der Waals surface area (Å²) in [7, 11) is 0. The van der Waals surface area contributed by atoms with Gasteiger partial charge >= 0.3 is 5.97 Å². The third kappa shape index (κ3) is 6.22. The first-order chi connectivity index (χ1) is 17.7. The van der Waals surface area contributed by atoms with E-state index in [1.807, 2.05) is 32.0 Å². The van der Waals surface area contributed by atoms with Crippen molar-refractivity contribution in [2.75, 3.05) is 13.2 Å². The lowest BCUT2D eigenvalue weighted by Gasteiger charge is -2.14. The van der Waals surface area contributed by atoms with E-state index >= 15 is 0 Å². The number of non-ortho nitro benzene ring substituents is 1. The number of esters is 1. The maximum Gasteiger partial charge on any atom is 0.343 e. The van der Waals surface area contributed by atoms with E-state index in [9.17, 15) is 24.5 Å². The number of rotatable bonds is 8. The van der Waals surface area contributed by atoms with Crippen molar-refractivity contribution in [2.24, 2.45) is 0 Å². The van der Waals surface area contributed by atoms with Gasteiger partial charge < -0.3 is 9.47 Å². The van der Waals surface area contributed by atoms with Crippen LogP contribution in [0.25, 0.3) is 6.08 Å². The maximum absolute atomic E-state index is 12.8. The van der Waals surface area contributed by atoms with Crippen LogP contribution in [0.5, 0.6) is 11.5 Å². The van der Waals surface area contributed by atoms with Crippen molar-refractivity contribution in [3.8, 4) is 11.5 Å². The Morgan fingerprint density at radius 1 is 1.03 bits per heavy atom. The molecular weight excluding hydrogens is 496 g/mol. The van der Waals surface area contributed by atoms with Gasteiger partial charge in [0.05, 0.1) is 21.9 Å². The van der Waals surface area contributed by atoms with Crippen molar-refractivity contribution in [2.45, 2.75) is 13.8 Å². The number of carbonyl (C=O) groups is 3. The lowest BCUT2D eigenvalue weighted by atomic mass is 10.1. The van der Waals surface area contributed by atoms with E-state index < -0.39 is 16.8 Å². The summed E-state index contributed by atoms with van der Waals surface area (Å²) in [6.45, 7) is 4.21. The van der Waals surface area contributed by atoms with Crippen LogP contribution in [0.3, 0.4) is 0 Å². The van der Waals surface area contributed by atoms with Crippen LogP contribution in [-0.2, 0) is 4.79 Å². The van der Waals surface area contributed by atoms with Gasteiger partial charge in [-0.15, -0.1) is 0 Å². The van der Waals surface area contributed by atoms with Crippen LogP contribution in [0.4, 0.5) is 10.5 Å². The van der Waals surface area contributed by atoms with E-state index in [0.717, 1.165) is 33.5 Å². The van der Waals surface area contributed by atoms with Crippen LogP contribution < -0.4 is 9.47 Å². The normalized spacial score (nSPS) is 14.2. The van der Waals surface area contributed by atoms with Gasteiger partial charge in [-0.25, -0.2) is 4.79 Å². The number of nitro groups is 1. The van der Waals surface area contributed by atoms with Gasteiger partial charge in [0.15, 0.2) is 0 Å². The zero-order chi connectivity index (χ0) is 26.5.